The second-order valence-electron chi connectivity index (χ2n) is 5.69. The Morgan fingerprint density at radius 1 is 1.06 bits per heavy atom. The molecule has 1 unspecified atom stereocenters. The van der Waals surface area contributed by atoms with E-state index in [0.29, 0.717) is 0 Å². The van der Waals surface area contributed by atoms with Crippen LogP contribution in [-0.4, -0.2) is 37.6 Å². The van der Waals surface area contributed by atoms with Gasteiger partial charge in [0.25, 0.3) is 0 Å². The molecule has 0 rings (SSSR count). The Bertz CT molecular complexity index is 157. The molecule has 0 heterocycles. The van der Waals surface area contributed by atoms with Crippen LogP contribution in [-0.2, 0) is 0 Å². The van der Waals surface area contributed by atoms with Gasteiger partial charge < -0.3 is 10.2 Å². The predicted octanol–water partition coefficient (Wildman–Crippen LogP) is 3.52. The summed E-state index contributed by atoms with van der Waals surface area (Å²) >= 11 is 0. The molecule has 0 aromatic carbocycles. The fourth-order valence-electron chi connectivity index (χ4n) is 2.00. The van der Waals surface area contributed by atoms with Crippen molar-refractivity contribution in [3.8, 4) is 0 Å². The SMILES string of the molecule is CCCNC(CC)CCCN(C)CCC(C)C. The van der Waals surface area contributed by atoms with Crippen LogP contribution in [0.15, 0.2) is 0 Å². The monoisotopic (exact) mass is 242 g/mol. The van der Waals surface area contributed by atoms with E-state index in [0.717, 1.165) is 12.0 Å². The Balaban J connectivity index is 3.51. The van der Waals surface area contributed by atoms with Gasteiger partial charge in [-0.05, 0) is 64.7 Å². The smallest absolute Gasteiger partial charge is 0.00649 e. The lowest BCUT2D eigenvalue weighted by molar-refractivity contribution is 0.295. The lowest BCUT2D eigenvalue weighted by atomic mass is 10.1. The molecule has 1 N–H and O–H groups in total. The number of hydrogen-bond donors (Lipinski definition) is 1. The third kappa shape index (κ3) is 10.8. The fraction of sp³-hybridized carbons (Fsp3) is 1.00. The fourth-order valence-corrected chi connectivity index (χ4v) is 2.00. The van der Waals surface area contributed by atoms with E-state index in [-0.39, 0.29) is 0 Å². The van der Waals surface area contributed by atoms with Crippen LogP contribution in [0, 0.1) is 5.92 Å². The third-order valence-corrected chi connectivity index (χ3v) is 3.36. The molecule has 0 aliphatic carbocycles. The van der Waals surface area contributed by atoms with Crippen LogP contribution in [0.3, 0.4) is 0 Å². The summed E-state index contributed by atoms with van der Waals surface area (Å²) in [6.45, 7) is 12.8. The minimum Gasteiger partial charge on any atom is -0.314 e. The number of rotatable bonds is 11. The van der Waals surface area contributed by atoms with Crippen molar-refractivity contribution in [2.45, 2.75) is 65.8 Å². The summed E-state index contributed by atoms with van der Waals surface area (Å²) in [5.74, 6) is 0.826. The summed E-state index contributed by atoms with van der Waals surface area (Å²) in [4.78, 5) is 2.48. The maximum absolute atomic E-state index is 3.62. The zero-order valence-corrected chi connectivity index (χ0v) is 12.8. The molecule has 0 aromatic rings. The molecule has 0 aromatic heterocycles. The second-order valence-corrected chi connectivity index (χ2v) is 5.69. The van der Waals surface area contributed by atoms with Gasteiger partial charge in [0.05, 0.1) is 0 Å². The van der Waals surface area contributed by atoms with Crippen LogP contribution in [0.2, 0.25) is 0 Å². The second kappa shape index (κ2) is 11.0. The molecule has 0 amide bonds. The maximum atomic E-state index is 3.62. The van der Waals surface area contributed by atoms with E-state index in [9.17, 15) is 0 Å². The minimum atomic E-state index is 0.730. The average Bonchev–Trinajstić information content (AvgIpc) is 2.30. The number of nitrogens with one attached hydrogen (secondary N) is 1. The average molecular weight is 242 g/mol. The Morgan fingerprint density at radius 3 is 2.29 bits per heavy atom. The first kappa shape index (κ1) is 16.9. The highest BCUT2D eigenvalue weighted by atomic mass is 15.1. The quantitative estimate of drug-likeness (QED) is 0.596. The molecule has 0 fully saturated rings. The van der Waals surface area contributed by atoms with Gasteiger partial charge >= 0.3 is 0 Å². The molecule has 17 heavy (non-hydrogen) atoms. The maximum Gasteiger partial charge on any atom is 0.00649 e. The summed E-state index contributed by atoms with van der Waals surface area (Å²) < 4.78 is 0. The van der Waals surface area contributed by atoms with Crippen molar-refractivity contribution >= 4 is 0 Å². The highest BCUT2D eigenvalue weighted by Gasteiger charge is 2.06. The van der Waals surface area contributed by atoms with Crippen LogP contribution in [0.1, 0.15) is 59.8 Å². The van der Waals surface area contributed by atoms with E-state index in [1.54, 1.807) is 0 Å². The van der Waals surface area contributed by atoms with Crippen LogP contribution in [0.4, 0.5) is 0 Å². The third-order valence-electron chi connectivity index (χ3n) is 3.36. The summed E-state index contributed by atoms with van der Waals surface area (Å²) in [5, 5.41) is 3.62. The molecule has 0 spiro atoms. The lowest BCUT2D eigenvalue weighted by Gasteiger charge is -2.20. The van der Waals surface area contributed by atoms with Gasteiger partial charge in [0.2, 0.25) is 0 Å². The summed E-state index contributed by atoms with van der Waals surface area (Å²) in [6, 6.07) is 0.730. The predicted molar refractivity (Wildman–Crippen MR) is 78.6 cm³/mol. The first-order valence-electron chi connectivity index (χ1n) is 7.52. The van der Waals surface area contributed by atoms with Gasteiger partial charge in [-0.1, -0.05) is 27.7 Å². The van der Waals surface area contributed by atoms with Crippen molar-refractivity contribution in [3.05, 3.63) is 0 Å². The zero-order valence-electron chi connectivity index (χ0n) is 12.8. The molecule has 2 heteroatoms. The Morgan fingerprint density at radius 2 is 1.76 bits per heavy atom. The van der Waals surface area contributed by atoms with Crippen LogP contribution >= 0.6 is 0 Å². The lowest BCUT2D eigenvalue weighted by Crippen LogP contribution is -2.30. The highest BCUT2D eigenvalue weighted by molar-refractivity contribution is 4.65. The van der Waals surface area contributed by atoms with Crippen LogP contribution < -0.4 is 5.32 Å². The molecule has 0 saturated carbocycles. The van der Waals surface area contributed by atoms with Crippen LogP contribution in [0.5, 0.6) is 0 Å². The van der Waals surface area contributed by atoms with Crippen molar-refractivity contribution in [1.82, 2.24) is 10.2 Å². The van der Waals surface area contributed by atoms with Gasteiger partial charge in [0.1, 0.15) is 0 Å². The molecule has 0 aliphatic rings. The molecule has 2 nitrogen and oxygen atoms in total. The molecule has 0 bridgehead atoms. The van der Waals surface area contributed by atoms with Crippen molar-refractivity contribution in [1.29, 1.82) is 0 Å². The van der Waals surface area contributed by atoms with E-state index in [1.165, 1.54) is 51.7 Å². The van der Waals surface area contributed by atoms with Crippen LogP contribution in [0.25, 0.3) is 0 Å². The Labute approximate surface area is 109 Å². The van der Waals surface area contributed by atoms with Gasteiger partial charge in [0, 0.05) is 6.04 Å². The first-order valence-corrected chi connectivity index (χ1v) is 7.52. The van der Waals surface area contributed by atoms with Gasteiger partial charge in [-0.3, -0.25) is 0 Å². The van der Waals surface area contributed by atoms with Crippen molar-refractivity contribution < 1.29 is 0 Å². The number of hydrogen-bond acceptors (Lipinski definition) is 2. The minimum absolute atomic E-state index is 0.730. The summed E-state index contributed by atoms with van der Waals surface area (Å²) in [7, 11) is 2.25. The Hall–Kier alpha value is -0.0800. The van der Waals surface area contributed by atoms with E-state index in [4.69, 9.17) is 0 Å². The highest BCUT2D eigenvalue weighted by Crippen LogP contribution is 2.05. The molecule has 0 aliphatic heterocycles. The largest absolute Gasteiger partial charge is 0.314 e. The van der Waals surface area contributed by atoms with Gasteiger partial charge in [0.15, 0.2) is 0 Å². The van der Waals surface area contributed by atoms with Crippen molar-refractivity contribution in [3.63, 3.8) is 0 Å². The van der Waals surface area contributed by atoms with E-state index >= 15 is 0 Å². The Kier molecular flexibility index (Phi) is 11.0. The zero-order chi connectivity index (χ0) is 13.1. The van der Waals surface area contributed by atoms with Gasteiger partial charge in [-0.15, -0.1) is 0 Å². The summed E-state index contributed by atoms with van der Waals surface area (Å²) in [5.41, 5.74) is 0. The van der Waals surface area contributed by atoms with E-state index < -0.39 is 0 Å². The molecule has 0 radical (unpaired) electrons. The summed E-state index contributed by atoms with van der Waals surface area (Å²) in [6.07, 6.45) is 6.47. The number of nitrogens with zero attached hydrogens (tertiary/aromatic N) is 1. The molecule has 0 saturated heterocycles. The normalized spacial score (nSPS) is 13.6. The molecular weight excluding hydrogens is 208 g/mol. The standard InChI is InChI=1S/C15H34N2/c1-6-11-16-15(7-2)9-8-12-17(5)13-10-14(3)4/h14-16H,6-13H2,1-5H3. The van der Waals surface area contributed by atoms with Crippen molar-refractivity contribution in [2.75, 3.05) is 26.7 Å². The van der Waals surface area contributed by atoms with Gasteiger partial charge in [-0.2, -0.15) is 0 Å². The van der Waals surface area contributed by atoms with Gasteiger partial charge in [-0.25, -0.2) is 0 Å². The van der Waals surface area contributed by atoms with E-state index in [1.807, 2.05) is 0 Å². The first-order chi connectivity index (χ1) is 8.10. The molecule has 104 valence electrons. The van der Waals surface area contributed by atoms with Crippen molar-refractivity contribution in [2.24, 2.45) is 5.92 Å². The van der Waals surface area contributed by atoms with E-state index in [2.05, 4.69) is 45.0 Å². The molecular formula is C15H34N2. The molecule has 1 atom stereocenters. The topological polar surface area (TPSA) is 15.3 Å².